The van der Waals surface area contributed by atoms with Gasteiger partial charge in [-0.3, -0.25) is 9.59 Å². The summed E-state index contributed by atoms with van der Waals surface area (Å²) >= 11 is 0. The Morgan fingerprint density at radius 2 is 1.62 bits per heavy atom. The largest absolute Gasteiger partial charge is 0.458 e. The molecule has 2 amide bonds. The lowest BCUT2D eigenvalue weighted by Crippen LogP contribution is -2.63. The Balaban J connectivity index is 2.15. The molecular formula is C25H31N3O4. The predicted molar refractivity (Wildman–Crippen MR) is 123 cm³/mol. The molecule has 3 N–H and O–H groups in total. The molecule has 7 heteroatoms. The summed E-state index contributed by atoms with van der Waals surface area (Å²) in [4.78, 5) is 42.0. The van der Waals surface area contributed by atoms with Crippen molar-refractivity contribution in [1.82, 2.24) is 4.90 Å². The van der Waals surface area contributed by atoms with Crippen molar-refractivity contribution in [3.63, 3.8) is 0 Å². The van der Waals surface area contributed by atoms with Crippen LogP contribution in [0.15, 0.2) is 60.7 Å². The van der Waals surface area contributed by atoms with E-state index < -0.39 is 35.0 Å². The minimum Gasteiger partial charge on any atom is -0.458 e. The van der Waals surface area contributed by atoms with Crippen molar-refractivity contribution in [3.8, 4) is 0 Å². The first-order valence-corrected chi connectivity index (χ1v) is 10.8. The maximum Gasteiger partial charge on any atom is 0.342 e. The number of carbonyl (C=O) groups excluding carboxylic acids is 3. The molecule has 0 radical (unpaired) electrons. The Labute approximate surface area is 188 Å². The third kappa shape index (κ3) is 4.53. The molecule has 1 aliphatic heterocycles. The van der Waals surface area contributed by atoms with E-state index >= 15 is 0 Å². The van der Waals surface area contributed by atoms with Gasteiger partial charge in [-0.15, -0.1) is 0 Å². The van der Waals surface area contributed by atoms with Gasteiger partial charge in [0.1, 0.15) is 5.60 Å². The standard InChI is InChI=1S/C25H31N3O4/c1-17-15-25(23(31)32-24(2,3)4,22(30)27-19-13-9-6-10-14-19)28(20(29)16-26)21(17)18-11-7-5-8-12-18/h5-14,17,21H,15-16,26H2,1-4H3,(H,27,30). The lowest BCUT2D eigenvalue weighted by molar-refractivity contribution is -0.175. The SMILES string of the molecule is CC1CC(C(=O)Nc2ccccc2)(C(=O)OC(C)(C)C)N(C(=O)CN)C1c1ccccc1. The molecule has 0 saturated carbocycles. The van der Waals surface area contributed by atoms with Crippen LogP contribution in [-0.2, 0) is 19.1 Å². The van der Waals surface area contributed by atoms with Crippen molar-refractivity contribution >= 4 is 23.5 Å². The first-order chi connectivity index (χ1) is 15.1. The molecule has 3 atom stereocenters. The van der Waals surface area contributed by atoms with Gasteiger partial charge < -0.3 is 20.7 Å². The van der Waals surface area contributed by atoms with E-state index in [0.717, 1.165) is 5.56 Å². The van der Waals surface area contributed by atoms with Crippen LogP contribution < -0.4 is 11.1 Å². The zero-order valence-corrected chi connectivity index (χ0v) is 19.0. The molecular weight excluding hydrogens is 406 g/mol. The fraction of sp³-hybridized carbons (Fsp3) is 0.400. The second-order valence-electron chi connectivity index (χ2n) is 9.19. The smallest absolute Gasteiger partial charge is 0.342 e. The van der Waals surface area contributed by atoms with E-state index in [4.69, 9.17) is 10.5 Å². The third-order valence-electron chi connectivity index (χ3n) is 5.57. The molecule has 0 aromatic heterocycles. The highest BCUT2D eigenvalue weighted by molar-refractivity contribution is 6.15. The number of para-hydroxylation sites is 1. The highest BCUT2D eigenvalue weighted by atomic mass is 16.6. The Kier molecular flexibility index (Phi) is 6.69. The number of anilines is 1. The number of nitrogens with two attached hydrogens (primary N) is 1. The summed E-state index contributed by atoms with van der Waals surface area (Å²) in [5.41, 5.74) is 4.43. The fourth-order valence-corrected chi connectivity index (χ4v) is 4.36. The number of benzene rings is 2. The van der Waals surface area contributed by atoms with Gasteiger partial charge in [0.2, 0.25) is 11.4 Å². The van der Waals surface area contributed by atoms with Gasteiger partial charge in [-0.05, 0) is 50.8 Å². The van der Waals surface area contributed by atoms with E-state index in [1.54, 1.807) is 45.0 Å². The molecule has 7 nitrogen and oxygen atoms in total. The van der Waals surface area contributed by atoms with E-state index in [9.17, 15) is 14.4 Å². The summed E-state index contributed by atoms with van der Waals surface area (Å²) in [5.74, 6) is -2.05. The van der Waals surface area contributed by atoms with E-state index in [1.165, 1.54) is 4.90 Å². The number of esters is 1. The van der Waals surface area contributed by atoms with E-state index in [0.29, 0.717) is 5.69 Å². The summed E-state index contributed by atoms with van der Waals surface area (Å²) in [6, 6.07) is 17.7. The molecule has 1 heterocycles. The highest BCUT2D eigenvalue weighted by Crippen LogP contribution is 2.48. The molecule has 1 fully saturated rings. The lowest BCUT2D eigenvalue weighted by atomic mass is 9.89. The molecule has 1 saturated heterocycles. The van der Waals surface area contributed by atoms with Crippen LogP contribution in [0.25, 0.3) is 0 Å². The number of likely N-dealkylation sites (tertiary alicyclic amines) is 1. The van der Waals surface area contributed by atoms with Gasteiger partial charge in [0.25, 0.3) is 5.91 Å². The Morgan fingerprint density at radius 3 is 2.16 bits per heavy atom. The van der Waals surface area contributed by atoms with Crippen LogP contribution in [0.1, 0.15) is 45.7 Å². The van der Waals surface area contributed by atoms with Gasteiger partial charge in [0, 0.05) is 5.69 Å². The summed E-state index contributed by atoms with van der Waals surface area (Å²) in [7, 11) is 0. The van der Waals surface area contributed by atoms with Crippen LogP contribution in [0.2, 0.25) is 0 Å². The van der Waals surface area contributed by atoms with Gasteiger partial charge >= 0.3 is 5.97 Å². The maximum absolute atomic E-state index is 13.8. The normalized spacial score (nSPS) is 23.0. The molecule has 32 heavy (non-hydrogen) atoms. The summed E-state index contributed by atoms with van der Waals surface area (Å²) in [6.07, 6.45) is 0.117. The number of hydrogen-bond donors (Lipinski definition) is 2. The predicted octanol–water partition coefficient (Wildman–Crippen LogP) is 3.27. The molecule has 1 aliphatic rings. The van der Waals surface area contributed by atoms with Crippen LogP contribution in [0.4, 0.5) is 5.69 Å². The zero-order chi connectivity index (χ0) is 23.5. The van der Waals surface area contributed by atoms with Gasteiger partial charge in [0.15, 0.2) is 0 Å². The van der Waals surface area contributed by atoms with Crippen molar-refractivity contribution in [3.05, 3.63) is 66.2 Å². The molecule has 3 rings (SSSR count). The zero-order valence-electron chi connectivity index (χ0n) is 19.0. The van der Waals surface area contributed by atoms with Crippen molar-refractivity contribution in [2.45, 2.75) is 51.3 Å². The number of ether oxygens (including phenoxy) is 1. The Bertz CT molecular complexity index is 972. The van der Waals surface area contributed by atoms with Gasteiger partial charge in [-0.25, -0.2) is 4.79 Å². The quantitative estimate of drug-likeness (QED) is 0.552. The second kappa shape index (κ2) is 9.12. The third-order valence-corrected chi connectivity index (χ3v) is 5.57. The molecule has 170 valence electrons. The first kappa shape index (κ1) is 23.5. The van der Waals surface area contributed by atoms with Crippen molar-refractivity contribution in [2.75, 3.05) is 11.9 Å². The highest BCUT2D eigenvalue weighted by Gasteiger charge is 2.63. The van der Waals surface area contributed by atoms with Gasteiger partial charge in [-0.2, -0.15) is 0 Å². The monoisotopic (exact) mass is 437 g/mol. The van der Waals surface area contributed by atoms with E-state index in [1.807, 2.05) is 43.3 Å². The minimum absolute atomic E-state index is 0.117. The minimum atomic E-state index is -1.85. The lowest BCUT2D eigenvalue weighted by Gasteiger charge is -2.39. The Hall–Kier alpha value is -3.19. The van der Waals surface area contributed by atoms with Crippen LogP contribution in [0, 0.1) is 5.92 Å². The molecule has 0 bridgehead atoms. The van der Waals surface area contributed by atoms with Gasteiger partial charge in [0.05, 0.1) is 12.6 Å². The molecule has 2 aromatic rings. The molecule has 0 aliphatic carbocycles. The topological polar surface area (TPSA) is 102 Å². The Morgan fingerprint density at radius 1 is 1.06 bits per heavy atom. The van der Waals surface area contributed by atoms with Crippen molar-refractivity contribution in [2.24, 2.45) is 11.7 Å². The average molecular weight is 438 g/mol. The number of hydrogen-bond acceptors (Lipinski definition) is 5. The number of carbonyl (C=O) groups is 3. The summed E-state index contributed by atoms with van der Waals surface area (Å²) in [6.45, 7) is 6.79. The van der Waals surface area contributed by atoms with Crippen LogP contribution >= 0.6 is 0 Å². The maximum atomic E-state index is 13.8. The fourth-order valence-electron chi connectivity index (χ4n) is 4.36. The molecule has 2 aromatic carbocycles. The second-order valence-corrected chi connectivity index (χ2v) is 9.19. The van der Waals surface area contributed by atoms with Gasteiger partial charge in [-0.1, -0.05) is 55.5 Å². The van der Waals surface area contributed by atoms with Crippen LogP contribution in [0.5, 0.6) is 0 Å². The number of amides is 2. The summed E-state index contributed by atoms with van der Waals surface area (Å²) < 4.78 is 5.71. The number of nitrogens with one attached hydrogen (secondary N) is 1. The van der Waals surface area contributed by atoms with Crippen LogP contribution in [-0.4, -0.2) is 40.4 Å². The molecule has 0 spiro atoms. The number of nitrogens with zero attached hydrogens (tertiary/aromatic N) is 1. The van der Waals surface area contributed by atoms with Crippen LogP contribution in [0.3, 0.4) is 0 Å². The van der Waals surface area contributed by atoms with Crippen molar-refractivity contribution < 1.29 is 19.1 Å². The average Bonchev–Trinajstić information content (AvgIpc) is 3.07. The first-order valence-electron chi connectivity index (χ1n) is 10.8. The number of rotatable bonds is 5. The molecule has 3 unspecified atom stereocenters. The van der Waals surface area contributed by atoms with Crippen molar-refractivity contribution in [1.29, 1.82) is 0 Å². The summed E-state index contributed by atoms with van der Waals surface area (Å²) in [5, 5.41) is 2.82. The van der Waals surface area contributed by atoms with E-state index in [2.05, 4.69) is 5.32 Å². The van der Waals surface area contributed by atoms with E-state index in [-0.39, 0.29) is 18.9 Å².